The topological polar surface area (TPSA) is 46.4 Å². The van der Waals surface area contributed by atoms with Gasteiger partial charge in [-0.15, -0.1) is 0 Å². The first-order valence-corrected chi connectivity index (χ1v) is 10.2. The van der Waals surface area contributed by atoms with Crippen LogP contribution in [0.25, 0.3) is 5.65 Å². The van der Waals surface area contributed by atoms with Gasteiger partial charge in [0.2, 0.25) is 5.91 Å². The highest BCUT2D eigenvalue weighted by Gasteiger charge is 2.32. The van der Waals surface area contributed by atoms with Crippen LogP contribution in [0.3, 0.4) is 0 Å². The Morgan fingerprint density at radius 3 is 2.73 bits per heavy atom. The molecule has 4 nitrogen and oxygen atoms in total. The van der Waals surface area contributed by atoms with Gasteiger partial charge < -0.3 is 9.72 Å². The third-order valence-electron chi connectivity index (χ3n) is 5.22. The average molecular weight is 417 g/mol. The predicted octanol–water partition coefficient (Wildman–Crippen LogP) is 5.49. The summed E-state index contributed by atoms with van der Waals surface area (Å²) in [6, 6.07) is 8.99. The van der Waals surface area contributed by atoms with Gasteiger partial charge in [-0.2, -0.15) is 13.2 Å². The van der Waals surface area contributed by atoms with Crippen LogP contribution in [0, 0.1) is 6.92 Å². The van der Waals surface area contributed by atoms with Crippen LogP contribution >= 0.6 is 0 Å². The van der Waals surface area contributed by atoms with Crippen LogP contribution in [0.2, 0.25) is 0 Å². The normalized spacial score (nSPS) is 12.8. The van der Waals surface area contributed by atoms with E-state index < -0.39 is 17.7 Å². The molecule has 0 aliphatic heterocycles. The number of amides is 1. The second-order valence-electron chi connectivity index (χ2n) is 7.50. The van der Waals surface area contributed by atoms with Gasteiger partial charge in [-0.1, -0.05) is 44.0 Å². The second kappa shape index (κ2) is 9.32. The van der Waals surface area contributed by atoms with Crippen molar-refractivity contribution < 1.29 is 18.0 Å². The van der Waals surface area contributed by atoms with Crippen molar-refractivity contribution >= 4 is 11.6 Å². The summed E-state index contributed by atoms with van der Waals surface area (Å²) in [6.45, 7) is 4.57. The maximum Gasteiger partial charge on any atom is 0.416 e. The molecule has 3 rings (SSSR count). The van der Waals surface area contributed by atoms with Gasteiger partial charge in [0.15, 0.2) is 0 Å². The molecule has 1 aromatic carbocycles. The third-order valence-corrected chi connectivity index (χ3v) is 5.22. The molecule has 0 saturated heterocycles. The number of nitrogens with one attached hydrogen (secondary N) is 1. The van der Waals surface area contributed by atoms with Crippen LogP contribution in [-0.2, 0) is 11.0 Å². The minimum absolute atomic E-state index is 0.0508. The number of unbranched alkanes of at least 4 members (excludes halogenated alkanes) is 2. The van der Waals surface area contributed by atoms with E-state index in [4.69, 9.17) is 0 Å². The molecule has 0 fully saturated rings. The van der Waals surface area contributed by atoms with Gasteiger partial charge in [-0.25, -0.2) is 4.98 Å². The number of halogens is 3. The van der Waals surface area contributed by atoms with E-state index in [2.05, 4.69) is 17.2 Å². The number of fused-ring (bicyclic) bond motifs is 1. The molecule has 1 N–H and O–H groups in total. The van der Waals surface area contributed by atoms with Crippen LogP contribution < -0.4 is 5.32 Å². The van der Waals surface area contributed by atoms with Crippen LogP contribution in [0.5, 0.6) is 0 Å². The number of nitrogens with zero attached hydrogens (tertiary/aromatic N) is 2. The fraction of sp³-hybridized carbons (Fsp3) is 0.391. The molecule has 3 aromatic rings. The van der Waals surface area contributed by atoms with Crippen LogP contribution in [0.15, 0.2) is 48.8 Å². The van der Waals surface area contributed by atoms with Crippen molar-refractivity contribution in [3.63, 3.8) is 0 Å². The molecule has 1 amide bonds. The molecule has 0 aliphatic carbocycles. The van der Waals surface area contributed by atoms with Gasteiger partial charge in [0.25, 0.3) is 0 Å². The summed E-state index contributed by atoms with van der Waals surface area (Å²) in [4.78, 5) is 17.0. The summed E-state index contributed by atoms with van der Waals surface area (Å²) in [7, 11) is 0. The van der Waals surface area contributed by atoms with Gasteiger partial charge in [0.1, 0.15) is 5.65 Å². The van der Waals surface area contributed by atoms with E-state index in [1.54, 1.807) is 12.3 Å². The van der Waals surface area contributed by atoms with Crippen molar-refractivity contribution in [1.29, 1.82) is 0 Å². The minimum atomic E-state index is -4.45. The van der Waals surface area contributed by atoms with Crippen molar-refractivity contribution in [2.75, 3.05) is 6.54 Å². The number of benzene rings is 1. The van der Waals surface area contributed by atoms with E-state index >= 15 is 0 Å². The Morgan fingerprint density at radius 2 is 2.00 bits per heavy atom. The number of carbonyl (C=O) groups excluding carboxylic acids is 1. The number of aromatic nitrogens is 2. The van der Waals surface area contributed by atoms with Crippen molar-refractivity contribution in [2.45, 2.75) is 51.6 Å². The van der Waals surface area contributed by atoms with Gasteiger partial charge in [0.05, 0.1) is 11.3 Å². The van der Waals surface area contributed by atoms with Crippen molar-refractivity contribution in [3.05, 3.63) is 71.2 Å². The van der Waals surface area contributed by atoms with Gasteiger partial charge in [-0.05, 0) is 36.6 Å². The molecular weight excluding hydrogens is 391 g/mol. The Bertz CT molecular complexity index is 1010. The molecule has 30 heavy (non-hydrogen) atoms. The SMILES string of the molecule is CCCCCNC(=O)C[C@@H](c1cccc(C(F)(F)F)c1)c1cnc2c(C)cccn12. The Kier molecular flexibility index (Phi) is 6.80. The van der Waals surface area contributed by atoms with Crippen molar-refractivity contribution in [1.82, 2.24) is 14.7 Å². The van der Waals surface area contributed by atoms with Crippen molar-refractivity contribution in [3.8, 4) is 0 Å². The molecule has 0 saturated carbocycles. The third kappa shape index (κ3) is 5.01. The van der Waals surface area contributed by atoms with Gasteiger partial charge >= 0.3 is 6.18 Å². The lowest BCUT2D eigenvalue weighted by atomic mass is 9.91. The first kappa shape index (κ1) is 21.9. The fourth-order valence-electron chi connectivity index (χ4n) is 3.61. The molecule has 0 aliphatic rings. The second-order valence-corrected chi connectivity index (χ2v) is 7.50. The zero-order valence-corrected chi connectivity index (χ0v) is 17.2. The summed E-state index contributed by atoms with van der Waals surface area (Å²) >= 11 is 0. The smallest absolute Gasteiger partial charge is 0.356 e. The maximum atomic E-state index is 13.3. The summed E-state index contributed by atoms with van der Waals surface area (Å²) < 4.78 is 41.7. The van der Waals surface area contributed by atoms with Crippen LogP contribution in [-0.4, -0.2) is 21.8 Å². The number of imidazole rings is 1. The minimum Gasteiger partial charge on any atom is -0.356 e. The summed E-state index contributed by atoms with van der Waals surface area (Å²) in [5.74, 6) is -0.730. The quantitative estimate of drug-likeness (QED) is 0.493. The van der Waals surface area contributed by atoms with Crippen LogP contribution in [0.1, 0.15) is 60.9 Å². The monoisotopic (exact) mass is 417 g/mol. The fourth-order valence-corrected chi connectivity index (χ4v) is 3.61. The molecule has 0 bridgehead atoms. The first-order valence-electron chi connectivity index (χ1n) is 10.2. The zero-order valence-electron chi connectivity index (χ0n) is 17.2. The standard InChI is InChI=1S/C23H26F3N3O/c1-3-4-5-11-27-21(30)14-19(17-9-6-10-18(13-17)23(24,25)26)20-15-28-22-16(2)8-7-12-29(20)22/h6-10,12-13,15,19H,3-5,11,14H2,1-2H3,(H,27,30)/t19-/m0/s1. The predicted molar refractivity (Wildman–Crippen MR) is 110 cm³/mol. The Morgan fingerprint density at radius 1 is 1.20 bits per heavy atom. The molecule has 2 heterocycles. The Hall–Kier alpha value is -2.83. The average Bonchev–Trinajstić information content (AvgIpc) is 3.14. The zero-order chi connectivity index (χ0) is 21.7. The number of rotatable bonds is 8. The molecule has 0 radical (unpaired) electrons. The molecule has 0 spiro atoms. The Labute approximate surface area is 174 Å². The first-order chi connectivity index (χ1) is 14.3. The van der Waals surface area contributed by atoms with E-state index in [-0.39, 0.29) is 12.3 Å². The molecule has 0 unspecified atom stereocenters. The number of hydrogen-bond donors (Lipinski definition) is 1. The lowest BCUT2D eigenvalue weighted by molar-refractivity contribution is -0.137. The number of carbonyl (C=O) groups is 1. The molecule has 2 aromatic heterocycles. The highest BCUT2D eigenvalue weighted by molar-refractivity contribution is 5.77. The largest absolute Gasteiger partial charge is 0.416 e. The molecule has 160 valence electrons. The number of hydrogen-bond acceptors (Lipinski definition) is 2. The maximum absolute atomic E-state index is 13.3. The molecule has 1 atom stereocenters. The number of pyridine rings is 1. The van der Waals surface area contributed by atoms with E-state index in [0.717, 1.165) is 42.6 Å². The lowest BCUT2D eigenvalue weighted by Gasteiger charge is -2.19. The van der Waals surface area contributed by atoms with Crippen LogP contribution in [0.4, 0.5) is 13.2 Å². The summed E-state index contributed by atoms with van der Waals surface area (Å²) in [6.07, 6.45) is 2.02. The number of alkyl halides is 3. The van der Waals surface area contributed by atoms with Crippen molar-refractivity contribution in [2.24, 2.45) is 0 Å². The van der Waals surface area contributed by atoms with E-state index in [0.29, 0.717) is 17.8 Å². The van der Waals surface area contributed by atoms with E-state index in [1.165, 1.54) is 6.07 Å². The summed E-state index contributed by atoms with van der Waals surface area (Å²) in [5.41, 5.74) is 2.09. The van der Waals surface area contributed by atoms with Gasteiger partial charge in [-0.3, -0.25) is 4.79 Å². The summed E-state index contributed by atoms with van der Waals surface area (Å²) in [5, 5.41) is 2.89. The highest BCUT2D eigenvalue weighted by Crippen LogP contribution is 2.34. The Balaban J connectivity index is 1.97. The lowest BCUT2D eigenvalue weighted by Crippen LogP contribution is -2.26. The van der Waals surface area contributed by atoms with E-state index in [9.17, 15) is 18.0 Å². The number of aryl methyl sites for hydroxylation is 1. The molecular formula is C23H26F3N3O. The van der Waals surface area contributed by atoms with E-state index in [1.807, 2.05) is 29.7 Å². The van der Waals surface area contributed by atoms with Gasteiger partial charge in [0, 0.05) is 31.3 Å². The molecule has 7 heteroatoms. The highest BCUT2D eigenvalue weighted by atomic mass is 19.4.